The third kappa shape index (κ3) is 3.30. The van der Waals surface area contributed by atoms with Crippen LogP contribution in [-0.2, 0) is 12.0 Å². The number of rotatable bonds is 5. The maximum Gasteiger partial charge on any atom is 0.191 e. The van der Waals surface area contributed by atoms with Gasteiger partial charge in [0.15, 0.2) is 5.96 Å². The number of nitrogens with zero attached hydrogens (tertiary/aromatic N) is 1. The SMILES string of the molecule is CN=C(NCc1ccsc1)NCC1(c2ccccc2F)CC1. The van der Waals surface area contributed by atoms with Gasteiger partial charge in [-0.15, -0.1) is 0 Å². The maximum atomic E-state index is 14.0. The largest absolute Gasteiger partial charge is 0.356 e. The van der Waals surface area contributed by atoms with Gasteiger partial charge in [-0.25, -0.2) is 4.39 Å². The fourth-order valence-corrected chi connectivity index (χ4v) is 3.30. The zero-order valence-electron chi connectivity index (χ0n) is 12.6. The van der Waals surface area contributed by atoms with Crippen molar-refractivity contribution in [3.63, 3.8) is 0 Å². The predicted octanol–water partition coefficient (Wildman–Crippen LogP) is 3.28. The Morgan fingerprint density at radius 3 is 2.73 bits per heavy atom. The Balaban J connectivity index is 1.58. The molecule has 1 aliphatic carbocycles. The Bertz CT molecular complexity index is 648. The first-order valence-electron chi connectivity index (χ1n) is 7.44. The number of guanidine groups is 1. The van der Waals surface area contributed by atoms with Crippen LogP contribution in [0.5, 0.6) is 0 Å². The van der Waals surface area contributed by atoms with Crippen molar-refractivity contribution in [1.82, 2.24) is 10.6 Å². The Morgan fingerprint density at radius 1 is 1.27 bits per heavy atom. The minimum absolute atomic E-state index is 0.0780. The van der Waals surface area contributed by atoms with E-state index >= 15 is 0 Å². The third-order valence-corrected chi connectivity index (χ3v) is 4.89. The molecule has 0 radical (unpaired) electrons. The Hall–Kier alpha value is -1.88. The number of benzene rings is 1. The molecule has 3 rings (SSSR count). The molecule has 1 aromatic carbocycles. The smallest absolute Gasteiger partial charge is 0.191 e. The summed E-state index contributed by atoms with van der Waals surface area (Å²) in [6.45, 7) is 1.45. The van der Waals surface area contributed by atoms with Gasteiger partial charge >= 0.3 is 0 Å². The average molecular weight is 317 g/mol. The van der Waals surface area contributed by atoms with E-state index in [-0.39, 0.29) is 11.2 Å². The van der Waals surface area contributed by atoms with Crippen LogP contribution in [-0.4, -0.2) is 19.6 Å². The molecule has 1 heterocycles. The molecule has 0 aliphatic heterocycles. The highest BCUT2D eigenvalue weighted by atomic mass is 32.1. The minimum atomic E-state index is -0.108. The van der Waals surface area contributed by atoms with E-state index in [0.717, 1.165) is 30.9 Å². The lowest BCUT2D eigenvalue weighted by Gasteiger charge is -2.19. The second-order valence-corrected chi connectivity index (χ2v) is 6.45. The molecule has 0 saturated heterocycles. The van der Waals surface area contributed by atoms with Crippen LogP contribution in [0.4, 0.5) is 4.39 Å². The Morgan fingerprint density at radius 2 is 2.09 bits per heavy atom. The van der Waals surface area contributed by atoms with Crippen molar-refractivity contribution in [3.05, 3.63) is 58.0 Å². The van der Waals surface area contributed by atoms with Gasteiger partial charge in [-0.05, 0) is 46.9 Å². The molecule has 2 aromatic rings. The molecule has 0 amide bonds. The Labute approximate surface area is 134 Å². The fraction of sp³-hybridized carbons (Fsp3) is 0.353. The summed E-state index contributed by atoms with van der Waals surface area (Å²) in [4.78, 5) is 4.24. The second kappa shape index (κ2) is 6.48. The number of hydrogen-bond donors (Lipinski definition) is 2. The van der Waals surface area contributed by atoms with E-state index in [2.05, 4.69) is 32.5 Å². The lowest BCUT2D eigenvalue weighted by Crippen LogP contribution is -2.41. The highest BCUT2D eigenvalue weighted by Gasteiger charge is 2.45. The highest BCUT2D eigenvalue weighted by Crippen LogP contribution is 2.48. The lowest BCUT2D eigenvalue weighted by atomic mass is 9.95. The van der Waals surface area contributed by atoms with Crippen molar-refractivity contribution in [2.75, 3.05) is 13.6 Å². The number of aliphatic imine (C=N–C) groups is 1. The van der Waals surface area contributed by atoms with Crippen molar-refractivity contribution in [2.24, 2.45) is 4.99 Å². The molecule has 3 nitrogen and oxygen atoms in total. The molecule has 0 atom stereocenters. The number of hydrogen-bond acceptors (Lipinski definition) is 2. The van der Waals surface area contributed by atoms with Crippen LogP contribution in [0.25, 0.3) is 0 Å². The topological polar surface area (TPSA) is 36.4 Å². The molecule has 2 N–H and O–H groups in total. The standard InChI is InChI=1S/C17H20FN3S/c1-19-16(20-10-13-6-9-22-11-13)21-12-17(7-8-17)14-4-2-3-5-15(14)18/h2-6,9,11H,7-8,10,12H2,1H3,(H2,19,20,21). The van der Waals surface area contributed by atoms with Crippen LogP contribution in [0.2, 0.25) is 0 Å². The molecular formula is C17H20FN3S. The summed E-state index contributed by atoms with van der Waals surface area (Å²) < 4.78 is 14.0. The van der Waals surface area contributed by atoms with Crippen molar-refractivity contribution in [1.29, 1.82) is 0 Å². The van der Waals surface area contributed by atoms with Gasteiger partial charge in [0, 0.05) is 25.6 Å². The van der Waals surface area contributed by atoms with Crippen LogP contribution < -0.4 is 10.6 Å². The van der Waals surface area contributed by atoms with Gasteiger partial charge in [0.2, 0.25) is 0 Å². The van der Waals surface area contributed by atoms with E-state index < -0.39 is 0 Å². The summed E-state index contributed by atoms with van der Waals surface area (Å²) in [5, 5.41) is 10.8. The molecule has 0 bridgehead atoms. The van der Waals surface area contributed by atoms with Gasteiger partial charge in [0.25, 0.3) is 0 Å². The van der Waals surface area contributed by atoms with Crippen molar-refractivity contribution >= 4 is 17.3 Å². The number of nitrogens with one attached hydrogen (secondary N) is 2. The first kappa shape index (κ1) is 15.0. The summed E-state index contributed by atoms with van der Waals surface area (Å²) in [6.07, 6.45) is 2.03. The lowest BCUT2D eigenvalue weighted by molar-refractivity contribution is 0.559. The summed E-state index contributed by atoms with van der Waals surface area (Å²) >= 11 is 1.68. The van der Waals surface area contributed by atoms with Crippen molar-refractivity contribution in [3.8, 4) is 0 Å². The van der Waals surface area contributed by atoms with E-state index in [1.165, 1.54) is 5.56 Å². The van der Waals surface area contributed by atoms with Crippen LogP contribution >= 0.6 is 11.3 Å². The van der Waals surface area contributed by atoms with E-state index in [4.69, 9.17) is 0 Å². The maximum absolute atomic E-state index is 14.0. The molecule has 1 saturated carbocycles. The molecule has 5 heteroatoms. The van der Waals surface area contributed by atoms with Crippen molar-refractivity contribution in [2.45, 2.75) is 24.8 Å². The van der Waals surface area contributed by atoms with Gasteiger partial charge in [0.05, 0.1) is 0 Å². The predicted molar refractivity (Wildman–Crippen MR) is 89.8 cm³/mol. The minimum Gasteiger partial charge on any atom is -0.356 e. The fourth-order valence-electron chi connectivity index (χ4n) is 2.64. The van der Waals surface area contributed by atoms with Gasteiger partial charge in [-0.3, -0.25) is 4.99 Å². The highest BCUT2D eigenvalue weighted by molar-refractivity contribution is 7.07. The van der Waals surface area contributed by atoms with Crippen LogP contribution in [0, 0.1) is 5.82 Å². The quantitative estimate of drug-likeness (QED) is 0.656. The van der Waals surface area contributed by atoms with Gasteiger partial charge < -0.3 is 10.6 Å². The van der Waals surface area contributed by atoms with Crippen LogP contribution in [0.3, 0.4) is 0 Å². The normalized spacial score (nSPS) is 16.4. The molecule has 1 fully saturated rings. The molecule has 116 valence electrons. The summed E-state index contributed by atoms with van der Waals surface area (Å²) in [6, 6.07) is 9.17. The zero-order chi connectivity index (χ0) is 15.4. The number of thiophene rings is 1. The molecule has 0 unspecified atom stereocenters. The molecule has 1 aromatic heterocycles. The van der Waals surface area contributed by atoms with Crippen molar-refractivity contribution < 1.29 is 4.39 Å². The van der Waals surface area contributed by atoms with Crippen LogP contribution in [0.1, 0.15) is 24.0 Å². The van der Waals surface area contributed by atoms with Gasteiger partial charge in [-0.1, -0.05) is 18.2 Å². The number of halogens is 1. The summed E-state index contributed by atoms with van der Waals surface area (Å²) in [7, 11) is 1.76. The first-order valence-corrected chi connectivity index (χ1v) is 8.38. The average Bonchev–Trinajstić information content (AvgIpc) is 3.13. The summed E-state index contributed by atoms with van der Waals surface area (Å²) in [5.74, 6) is 0.650. The zero-order valence-corrected chi connectivity index (χ0v) is 13.4. The monoisotopic (exact) mass is 317 g/mol. The molecular weight excluding hydrogens is 297 g/mol. The van der Waals surface area contributed by atoms with Gasteiger partial charge in [0.1, 0.15) is 5.82 Å². The second-order valence-electron chi connectivity index (χ2n) is 5.67. The van der Waals surface area contributed by atoms with E-state index in [1.807, 2.05) is 12.1 Å². The van der Waals surface area contributed by atoms with Crippen LogP contribution in [0.15, 0.2) is 46.1 Å². The summed E-state index contributed by atoms with van der Waals surface area (Å²) in [5.41, 5.74) is 1.98. The Kier molecular flexibility index (Phi) is 4.43. The van der Waals surface area contributed by atoms with Gasteiger partial charge in [-0.2, -0.15) is 11.3 Å². The van der Waals surface area contributed by atoms with E-state index in [9.17, 15) is 4.39 Å². The first-order chi connectivity index (χ1) is 10.7. The molecule has 0 spiro atoms. The molecule has 1 aliphatic rings. The molecule has 22 heavy (non-hydrogen) atoms. The van der Waals surface area contributed by atoms with E-state index in [1.54, 1.807) is 30.5 Å². The van der Waals surface area contributed by atoms with E-state index in [0.29, 0.717) is 6.54 Å². The third-order valence-electron chi connectivity index (χ3n) is 4.16.